The fraction of sp³-hybridized carbons (Fsp3) is 0.278. The van der Waals surface area contributed by atoms with Gasteiger partial charge in [-0.2, -0.15) is 5.10 Å². The van der Waals surface area contributed by atoms with Crippen molar-refractivity contribution in [2.24, 2.45) is 0 Å². The lowest BCUT2D eigenvalue weighted by Crippen LogP contribution is -2.48. The van der Waals surface area contributed by atoms with Crippen LogP contribution in [0, 0.1) is 0 Å². The third kappa shape index (κ3) is 2.83. The van der Waals surface area contributed by atoms with Gasteiger partial charge in [-0.1, -0.05) is 12.1 Å². The van der Waals surface area contributed by atoms with Gasteiger partial charge in [0.15, 0.2) is 5.65 Å². The van der Waals surface area contributed by atoms with E-state index in [0.29, 0.717) is 24.3 Å². The van der Waals surface area contributed by atoms with Crippen LogP contribution in [0.2, 0.25) is 0 Å². The summed E-state index contributed by atoms with van der Waals surface area (Å²) in [5.74, 6) is 0.758. The first kappa shape index (κ1) is 15.6. The number of piperazine rings is 1. The number of nitrogens with one attached hydrogen (secondary N) is 1. The average molecular weight is 337 g/mol. The van der Waals surface area contributed by atoms with Gasteiger partial charge in [0, 0.05) is 32.0 Å². The van der Waals surface area contributed by atoms with Crippen molar-refractivity contribution in [3.05, 3.63) is 60.0 Å². The van der Waals surface area contributed by atoms with Gasteiger partial charge in [-0.25, -0.2) is 9.50 Å². The van der Waals surface area contributed by atoms with E-state index in [1.807, 2.05) is 29.2 Å². The zero-order chi connectivity index (χ0) is 17.2. The second kappa shape index (κ2) is 6.52. The van der Waals surface area contributed by atoms with Crippen LogP contribution in [0.4, 0.5) is 0 Å². The number of amides is 1. The molecule has 7 nitrogen and oxygen atoms in total. The van der Waals surface area contributed by atoms with Crippen LogP contribution < -0.4 is 10.1 Å². The molecule has 7 heteroatoms. The summed E-state index contributed by atoms with van der Waals surface area (Å²) < 4.78 is 6.85. The molecular formula is C18H19N5O2. The van der Waals surface area contributed by atoms with Gasteiger partial charge >= 0.3 is 0 Å². The highest BCUT2D eigenvalue weighted by molar-refractivity contribution is 5.99. The third-order valence-electron chi connectivity index (χ3n) is 4.51. The van der Waals surface area contributed by atoms with Crippen molar-refractivity contribution >= 4 is 11.6 Å². The number of carbonyl (C=O) groups is 1. The molecule has 0 radical (unpaired) electrons. The van der Waals surface area contributed by atoms with Crippen LogP contribution in [0.1, 0.15) is 22.0 Å². The van der Waals surface area contributed by atoms with Crippen molar-refractivity contribution < 1.29 is 9.53 Å². The largest absolute Gasteiger partial charge is 0.497 e. The summed E-state index contributed by atoms with van der Waals surface area (Å²) in [5, 5.41) is 7.60. The normalized spacial score (nSPS) is 17.6. The number of nitrogens with zero attached hydrogens (tertiary/aromatic N) is 4. The first-order chi connectivity index (χ1) is 12.3. The minimum Gasteiger partial charge on any atom is -0.497 e. The monoisotopic (exact) mass is 337 g/mol. The Morgan fingerprint density at radius 2 is 2.16 bits per heavy atom. The van der Waals surface area contributed by atoms with Crippen LogP contribution in [0.25, 0.3) is 5.65 Å². The number of hydrogen-bond acceptors (Lipinski definition) is 5. The lowest BCUT2D eigenvalue weighted by Gasteiger charge is -2.36. The quantitative estimate of drug-likeness (QED) is 0.785. The maximum atomic E-state index is 13.2. The Hall–Kier alpha value is -2.93. The predicted molar refractivity (Wildman–Crippen MR) is 92.6 cm³/mol. The van der Waals surface area contributed by atoms with Crippen LogP contribution in [-0.2, 0) is 0 Å². The maximum Gasteiger partial charge on any atom is 0.259 e. The predicted octanol–water partition coefficient (Wildman–Crippen LogP) is 1.52. The van der Waals surface area contributed by atoms with Crippen molar-refractivity contribution in [3.63, 3.8) is 0 Å². The van der Waals surface area contributed by atoms with E-state index < -0.39 is 0 Å². The molecule has 1 aliphatic heterocycles. The Morgan fingerprint density at radius 3 is 2.96 bits per heavy atom. The number of ether oxygens (including phenoxy) is 1. The summed E-state index contributed by atoms with van der Waals surface area (Å²) in [6.45, 7) is 2.12. The molecule has 0 spiro atoms. The third-order valence-corrected chi connectivity index (χ3v) is 4.51. The molecule has 1 amide bonds. The Balaban J connectivity index is 1.67. The number of hydrogen-bond donors (Lipinski definition) is 1. The van der Waals surface area contributed by atoms with Crippen LogP contribution >= 0.6 is 0 Å². The average Bonchev–Trinajstić information content (AvgIpc) is 3.12. The van der Waals surface area contributed by atoms with E-state index in [1.165, 1.54) is 0 Å². The lowest BCUT2D eigenvalue weighted by atomic mass is 10.0. The maximum absolute atomic E-state index is 13.2. The summed E-state index contributed by atoms with van der Waals surface area (Å²) in [6, 6.07) is 9.61. The van der Waals surface area contributed by atoms with E-state index in [2.05, 4.69) is 15.4 Å². The van der Waals surface area contributed by atoms with Gasteiger partial charge in [-0.3, -0.25) is 4.79 Å². The van der Waals surface area contributed by atoms with Crippen LogP contribution in [0.3, 0.4) is 0 Å². The van der Waals surface area contributed by atoms with Crippen molar-refractivity contribution in [2.75, 3.05) is 26.7 Å². The summed E-state index contributed by atoms with van der Waals surface area (Å²) in [4.78, 5) is 19.4. The highest BCUT2D eigenvalue weighted by Gasteiger charge is 2.30. The Kier molecular flexibility index (Phi) is 4.07. The van der Waals surface area contributed by atoms with Crippen molar-refractivity contribution in [1.82, 2.24) is 24.8 Å². The van der Waals surface area contributed by atoms with E-state index in [-0.39, 0.29) is 11.9 Å². The second-order valence-electron chi connectivity index (χ2n) is 5.94. The molecule has 25 heavy (non-hydrogen) atoms. The second-order valence-corrected chi connectivity index (χ2v) is 5.94. The van der Waals surface area contributed by atoms with Crippen molar-refractivity contribution in [2.45, 2.75) is 6.04 Å². The summed E-state index contributed by atoms with van der Waals surface area (Å²) in [6.07, 6.45) is 5.06. The highest BCUT2D eigenvalue weighted by atomic mass is 16.5. The van der Waals surface area contributed by atoms with Crippen LogP contribution in [-0.4, -0.2) is 52.1 Å². The number of fused-ring (bicyclic) bond motifs is 1. The van der Waals surface area contributed by atoms with Crippen LogP contribution in [0.5, 0.6) is 5.75 Å². The Labute approximate surface area is 145 Å². The molecule has 1 N–H and O–H groups in total. The fourth-order valence-corrected chi connectivity index (χ4v) is 3.20. The smallest absolute Gasteiger partial charge is 0.259 e. The van der Waals surface area contributed by atoms with Gasteiger partial charge in [0.25, 0.3) is 5.91 Å². The van der Waals surface area contributed by atoms with E-state index >= 15 is 0 Å². The van der Waals surface area contributed by atoms with Gasteiger partial charge in [0.1, 0.15) is 11.3 Å². The van der Waals surface area contributed by atoms with E-state index in [0.717, 1.165) is 17.9 Å². The fourth-order valence-electron chi connectivity index (χ4n) is 3.20. The number of methoxy groups -OCH3 is 1. The van der Waals surface area contributed by atoms with E-state index in [9.17, 15) is 4.79 Å². The highest BCUT2D eigenvalue weighted by Crippen LogP contribution is 2.26. The zero-order valence-corrected chi connectivity index (χ0v) is 13.9. The first-order valence-corrected chi connectivity index (χ1v) is 8.22. The van der Waals surface area contributed by atoms with E-state index in [4.69, 9.17) is 4.74 Å². The molecule has 0 saturated carbocycles. The number of benzene rings is 1. The molecule has 1 aliphatic rings. The molecule has 2 aromatic heterocycles. The molecule has 3 heterocycles. The lowest BCUT2D eigenvalue weighted by molar-refractivity contribution is 0.0636. The van der Waals surface area contributed by atoms with Gasteiger partial charge in [-0.05, 0) is 23.8 Å². The SMILES string of the molecule is COc1ccc(C2CNCCN2C(=O)c2cnn3cccnc23)cc1. The summed E-state index contributed by atoms with van der Waals surface area (Å²) in [5.41, 5.74) is 2.19. The van der Waals surface area contributed by atoms with E-state index in [1.54, 1.807) is 36.3 Å². The molecule has 0 bridgehead atoms. The molecule has 1 saturated heterocycles. The first-order valence-electron chi connectivity index (χ1n) is 8.22. The van der Waals surface area contributed by atoms with Crippen molar-refractivity contribution in [1.29, 1.82) is 0 Å². The van der Waals surface area contributed by atoms with Crippen LogP contribution in [0.15, 0.2) is 48.9 Å². The summed E-state index contributed by atoms with van der Waals surface area (Å²) in [7, 11) is 1.64. The van der Waals surface area contributed by atoms with Gasteiger partial charge < -0.3 is 15.0 Å². The number of rotatable bonds is 3. The molecule has 0 aliphatic carbocycles. The van der Waals surface area contributed by atoms with Gasteiger partial charge in [-0.15, -0.1) is 0 Å². The zero-order valence-electron chi connectivity index (χ0n) is 13.9. The minimum absolute atomic E-state index is 0.0363. The molecule has 4 rings (SSSR count). The molecule has 1 aromatic carbocycles. The Bertz CT molecular complexity index is 890. The summed E-state index contributed by atoms with van der Waals surface area (Å²) >= 11 is 0. The van der Waals surface area contributed by atoms with Gasteiger partial charge in [0.05, 0.1) is 19.3 Å². The molecule has 1 atom stereocenters. The molecule has 3 aromatic rings. The Morgan fingerprint density at radius 1 is 1.32 bits per heavy atom. The number of aromatic nitrogens is 3. The molecule has 1 fully saturated rings. The topological polar surface area (TPSA) is 71.8 Å². The molecular weight excluding hydrogens is 318 g/mol. The van der Waals surface area contributed by atoms with Crippen molar-refractivity contribution in [3.8, 4) is 5.75 Å². The van der Waals surface area contributed by atoms with Gasteiger partial charge in [0.2, 0.25) is 0 Å². The standard InChI is InChI=1S/C18H19N5O2/c1-25-14-5-3-13(4-6-14)16-12-19-8-10-22(16)18(24)15-11-21-23-9-2-7-20-17(15)23/h2-7,9,11,16,19H,8,10,12H2,1H3. The minimum atomic E-state index is -0.0454. The molecule has 1 unspecified atom stereocenters. The number of carbonyl (C=O) groups excluding carboxylic acids is 1. The molecule has 128 valence electrons.